The van der Waals surface area contributed by atoms with Gasteiger partial charge in [-0.2, -0.15) is 0 Å². The Morgan fingerprint density at radius 2 is 1.15 bits per heavy atom. The molecule has 0 bridgehead atoms. The molecular formula is C24H48FN2O11P. The summed E-state index contributed by atoms with van der Waals surface area (Å²) in [5.74, 6) is -2.65. The summed E-state index contributed by atoms with van der Waals surface area (Å²) in [6.07, 6.45) is -9.64. The normalized spacial score (nSPS) is 22.7. The van der Waals surface area contributed by atoms with Crippen LogP contribution >= 0.6 is 7.82 Å². The standard InChI is InChI=1S/C12H18FO11P.2C6H15N/c1-5(14)20-4-8-10(21-6(2)15)11(22-7(3)16)9(13)12(23-8)24-25(17,18)19;2*1-4-7(5-2)6-3/h8-12H,4H2,1-3H3,(H2,17,18,19);2*4-6H2,1-3H3/t8-,9+,10-,11-,12?;;/m1../s1. The van der Waals surface area contributed by atoms with Gasteiger partial charge in [0.2, 0.25) is 0 Å². The van der Waals surface area contributed by atoms with Crippen LogP contribution in [0, 0.1) is 0 Å². The molecule has 39 heavy (non-hydrogen) atoms. The number of carbonyl (C=O) groups is 3. The van der Waals surface area contributed by atoms with E-state index in [1.54, 1.807) is 9.80 Å². The second kappa shape index (κ2) is 21.1. The van der Waals surface area contributed by atoms with E-state index >= 15 is 0 Å². The molecule has 0 aromatic rings. The van der Waals surface area contributed by atoms with Crippen molar-refractivity contribution in [3.63, 3.8) is 0 Å². The van der Waals surface area contributed by atoms with Crippen molar-refractivity contribution in [2.75, 3.05) is 45.9 Å². The molecular weight excluding hydrogens is 542 g/mol. The minimum absolute atomic E-state index is 0.611. The van der Waals surface area contributed by atoms with Gasteiger partial charge in [-0.05, 0) is 41.5 Å². The molecule has 1 saturated heterocycles. The lowest BCUT2D eigenvalue weighted by molar-refractivity contribution is -0.894. The highest BCUT2D eigenvalue weighted by molar-refractivity contribution is 7.43. The van der Waals surface area contributed by atoms with E-state index in [0.717, 1.165) is 20.8 Å². The van der Waals surface area contributed by atoms with Gasteiger partial charge in [0.05, 0.1) is 47.1 Å². The molecule has 0 aromatic heterocycles. The molecule has 5 atom stereocenters. The summed E-state index contributed by atoms with van der Waals surface area (Å²) < 4.78 is 48.3. The van der Waals surface area contributed by atoms with Gasteiger partial charge in [-0.3, -0.25) is 14.4 Å². The van der Waals surface area contributed by atoms with Gasteiger partial charge in [-0.1, -0.05) is 0 Å². The van der Waals surface area contributed by atoms with Crippen molar-refractivity contribution < 1.29 is 66.4 Å². The second-order valence-electron chi connectivity index (χ2n) is 8.61. The van der Waals surface area contributed by atoms with E-state index in [1.807, 2.05) is 0 Å². The van der Waals surface area contributed by atoms with E-state index < -0.39 is 63.1 Å². The molecule has 0 radical (unpaired) electrons. The smallest absolute Gasteiger partial charge is 0.303 e. The Hall–Kier alpha value is -1.67. The highest BCUT2D eigenvalue weighted by Crippen LogP contribution is 2.36. The van der Waals surface area contributed by atoms with Crippen LogP contribution in [0.25, 0.3) is 0 Å². The zero-order valence-electron chi connectivity index (χ0n) is 24.7. The zero-order chi connectivity index (χ0) is 30.8. The fourth-order valence-electron chi connectivity index (χ4n) is 3.57. The Morgan fingerprint density at radius 3 is 1.44 bits per heavy atom. The number of halogens is 1. The summed E-state index contributed by atoms with van der Waals surface area (Å²) >= 11 is 0. The van der Waals surface area contributed by atoms with Crippen LogP contribution in [0.4, 0.5) is 4.39 Å². The van der Waals surface area contributed by atoms with Crippen molar-refractivity contribution in [1.82, 2.24) is 0 Å². The first-order valence-electron chi connectivity index (χ1n) is 13.2. The van der Waals surface area contributed by atoms with Crippen LogP contribution in [0.5, 0.6) is 0 Å². The molecule has 1 aliphatic heterocycles. The van der Waals surface area contributed by atoms with Crippen LogP contribution in [-0.2, 0) is 42.4 Å². The van der Waals surface area contributed by atoms with Crippen LogP contribution in [0.1, 0.15) is 62.3 Å². The SMILES string of the molecule is CC(=O)OC[C@H]1OC(OP(=O)([O-])[O-])[C@@H](F)[C@@H](OC(C)=O)[C@@H]1OC(C)=O.CC[NH+](CC)CC.CC[NH+](CC)CC. The van der Waals surface area contributed by atoms with E-state index in [9.17, 15) is 33.1 Å². The van der Waals surface area contributed by atoms with Crippen molar-refractivity contribution in [3.8, 4) is 0 Å². The summed E-state index contributed by atoms with van der Waals surface area (Å²) in [5, 5.41) is 0. The lowest BCUT2D eigenvalue weighted by atomic mass is 9.99. The quantitative estimate of drug-likeness (QED) is 0.149. The zero-order valence-corrected chi connectivity index (χ0v) is 25.5. The van der Waals surface area contributed by atoms with Gasteiger partial charge in [-0.25, -0.2) is 4.39 Å². The molecule has 13 nitrogen and oxygen atoms in total. The van der Waals surface area contributed by atoms with E-state index in [1.165, 1.54) is 39.3 Å². The summed E-state index contributed by atoms with van der Waals surface area (Å²) in [6.45, 7) is 23.3. The summed E-state index contributed by atoms with van der Waals surface area (Å²) in [7, 11) is -5.67. The average molecular weight is 591 g/mol. The number of hydrogen-bond donors (Lipinski definition) is 2. The molecule has 0 saturated carbocycles. The summed E-state index contributed by atoms with van der Waals surface area (Å²) in [4.78, 5) is 58.1. The fourth-order valence-corrected chi connectivity index (χ4v) is 3.99. The topological polar surface area (TPSA) is 169 Å². The van der Waals surface area contributed by atoms with E-state index in [2.05, 4.69) is 50.8 Å². The number of carbonyl (C=O) groups excluding carboxylic acids is 3. The van der Waals surface area contributed by atoms with Gasteiger partial charge in [0.1, 0.15) is 12.7 Å². The number of hydrogen-bond acceptors (Lipinski definition) is 11. The van der Waals surface area contributed by atoms with Gasteiger partial charge < -0.3 is 47.6 Å². The van der Waals surface area contributed by atoms with Crippen molar-refractivity contribution >= 4 is 25.7 Å². The summed E-state index contributed by atoms with van der Waals surface area (Å²) in [5.41, 5.74) is 0. The Bertz CT molecular complexity index is 725. The first kappa shape index (κ1) is 39.5. The third-order valence-electron chi connectivity index (χ3n) is 5.86. The maximum absolute atomic E-state index is 14.5. The fraction of sp³-hybridized carbons (Fsp3) is 0.875. The molecule has 1 unspecified atom stereocenters. The number of rotatable bonds is 12. The number of ether oxygens (including phenoxy) is 4. The number of esters is 3. The molecule has 15 heteroatoms. The third-order valence-corrected chi connectivity index (χ3v) is 6.33. The maximum atomic E-state index is 14.5. The minimum atomic E-state index is -5.67. The average Bonchev–Trinajstić information content (AvgIpc) is 2.84. The Kier molecular flexibility index (Phi) is 21.4. The van der Waals surface area contributed by atoms with Crippen molar-refractivity contribution in [3.05, 3.63) is 0 Å². The van der Waals surface area contributed by atoms with E-state index in [0.29, 0.717) is 0 Å². The molecule has 0 amide bonds. The number of phosphoric acid groups is 1. The van der Waals surface area contributed by atoms with E-state index in [-0.39, 0.29) is 0 Å². The molecule has 2 N–H and O–H groups in total. The highest BCUT2D eigenvalue weighted by atomic mass is 31.2. The molecule has 0 spiro atoms. The van der Waals surface area contributed by atoms with Gasteiger partial charge in [-0.15, -0.1) is 0 Å². The lowest BCUT2D eigenvalue weighted by Crippen LogP contribution is -3.11. The van der Waals surface area contributed by atoms with Crippen molar-refractivity contribution in [2.45, 2.75) is 93.1 Å². The molecule has 1 rings (SSSR count). The number of quaternary nitrogens is 2. The van der Waals surface area contributed by atoms with Crippen LogP contribution in [0.15, 0.2) is 0 Å². The van der Waals surface area contributed by atoms with Crippen LogP contribution in [0.2, 0.25) is 0 Å². The highest BCUT2D eigenvalue weighted by Gasteiger charge is 2.51. The largest absolute Gasteiger partial charge is 0.790 e. The number of nitrogens with one attached hydrogen (secondary N) is 2. The Morgan fingerprint density at radius 1 is 0.769 bits per heavy atom. The third kappa shape index (κ3) is 18.3. The first-order chi connectivity index (χ1) is 18.1. The molecule has 0 aromatic carbocycles. The van der Waals surface area contributed by atoms with Crippen LogP contribution in [0.3, 0.4) is 0 Å². The number of alkyl halides is 1. The lowest BCUT2D eigenvalue weighted by Gasteiger charge is -2.44. The first-order valence-corrected chi connectivity index (χ1v) is 14.7. The Balaban J connectivity index is 0. The van der Waals surface area contributed by atoms with Crippen LogP contribution < -0.4 is 19.6 Å². The van der Waals surface area contributed by atoms with Gasteiger partial charge in [0, 0.05) is 20.8 Å². The monoisotopic (exact) mass is 590 g/mol. The maximum Gasteiger partial charge on any atom is 0.303 e. The minimum Gasteiger partial charge on any atom is -0.790 e. The van der Waals surface area contributed by atoms with Gasteiger partial charge >= 0.3 is 17.9 Å². The second-order valence-corrected chi connectivity index (χ2v) is 9.72. The number of phosphoric ester groups is 1. The molecule has 1 heterocycles. The molecule has 1 aliphatic rings. The predicted octanol–water partition coefficient (Wildman–Crippen LogP) is -1.82. The Labute approximate surface area is 231 Å². The van der Waals surface area contributed by atoms with Gasteiger partial charge in [0.15, 0.2) is 24.7 Å². The molecule has 1 fully saturated rings. The van der Waals surface area contributed by atoms with Crippen molar-refractivity contribution in [2.24, 2.45) is 0 Å². The van der Waals surface area contributed by atoms with Gasteiger partial charge in [0.25, 0.3) is 0 Å². The summed E-state index contributed by atoms with van der Waals surface area (Å²) in [6, 6.07) is 0. The van der Waals surface area contributed by atoms with Crippen molar-refractivity contribution in [1.29, 1.82) is 0 Å². The van der Waals surface area contributed by atoms with E-state index in [4.69, 9.17) is 14.2 Å². The van der Waals surface area contributed by atoms with Crippen LogP contribution in [-0.4, -0.2) is 94.6 Å². The molecule has 232 valence electrons. The predicted molar refractivity (Wildman–Crippen MR) is 135 cm³/mol. The molecule has 0 aliphatic carbocycles.